The van der Waals surface area contributed by atoms with Crippen LogP contribution >= 0.6 is 0 Å². The number of aromatic amines is 1. The number of piperazine rings is 1. The largest absolute Gasteiger partial charge is 0.343 e. The van der Waals surface area contributed by atoms with Crippen molar-refractivity contribution < 1.29 is 9.59 Å². The first-order chi connectivity index (χ1) is 11.1. The van der Waals surface area contributed by atoms with Gasteiger partial charge in [-0.05, 0) is 10.8 Å². The molecule has 2 N–H and O–H groups in total. The van der Waals surface area contributed by atoms with Crippen LogP contribution in [0.15, 0.2) is 6.07 Å². The Labute approximate surface area is 142 Å². The molecule has 1 aromatic rings. The molecule has 2 fully saturated rings. The van der Waals surface area contributed by atoms with Crippen LogP contribution in [0.25, 0.3) is 0 Å². The minimum Gasteiger partial charge on any atom is -0.343 e. The molecular formula is C17H27N5O2. The summed E-state index contributed by atoms with van der Waals surface area (Å²) >= 11 is 0. The molecule has 3 rings (SSSR count). The van der Waals surface area contributed by atoms with Gasteiger partial charge in [0, 0.05) is 37.8 Å². The summed E-state index contributed by atoms with van der Waals surface area (Å²) in [7, 11) is 1.78. The number of anilines is 1. The van der Waals surface area contributed by atoms with Crippen molar-refractivity contribution in [2.45, 2.75) is 33.6 Å². The maximum atomic E-state index is 12.2. The molecule has 1 aliphatic carbocycles. The van der Waals surface area contributed by atoms with Crippen LogP contribution in [0, 0.1) is 10.8 Å². The minimum absolute atomic E-state index is 0.0503. The molecular weight excluding hydrogens is 306 g/mol. The average Bonchev–Trinajstić information content (AvgIpc) is 2.77. The van der Waals surface area contributed by atoms with Crippen LogP contribution in [-0.2, 0) is 9.59 Å². The zero-order chi connectivity index (χ0) is 17.7. The Hall–Kier alpha value is -1.89. The zero-order valence-electron chi connectivity index (χ0n) is 15.1. The van der Waals surface area contributed by atoms with E-state index in [1.54, 1.807) is 11.9 Å². The van der Waals surface area contributed by atoms with E-state index in [2.05, 4.69) is 43.2 Å². The van der Waals surface area contributed by atoms with Crippen LogP contribution < -0.4 is 5.32 Å². The van der Waals surface area contributed by atoms with Gasteiger partial charge in [-0.1, -0.05) is 27.7 Å². The molecule has 0 bridgehead atoms. The van der Waals surface area contributed by atoms with E-state index in [1.807, 2.05) is 11.0 Å². The highest BCUT2D eigenvalue weighted by Gasteiger charge is 2.65. The predicted octanol–water partition coefficient (Wildman–Crippen LogP) is 1.27. The van der Waals surface area contributed by atoms with Gasteiger partial charge in [-0.2, -0.15) is 5.10 Å². The number of aromatic nitrogens is 2. The topological polar surface area (TPSA) is 81.3 Å². The summed E-state index contributed by atoms with van der Waals surface area (Å²) in [5.41, 5.74) is 1.51. The number of nitrogens with one attached hydrogen (secondary N) is 2. The van der Waals surface area contributed by atoms with Crippen molar-refractivity contribution >= 4 is 17.6 Å². The Kier molecular flexibility index (Phi) is 3.94. The van der Waals surface area contributed by atoms with Gasteiger partial charge >= 0.3 is 0 Å². The molecule has 24 heavy (non-hydrogen) atoms. The number of carbonyl (C=O) groups excluding carboxylic acids is 2. The van der Waals surface area contributed by atoms with Crippen LogP contribution in [0.4, 0.5) is 5.82 Å². The average molecular weight is 333 g/mol. The monoisotopic (exact) mass is 333 g/mol. The van der Waals surface area contributed by atoms with Crippen molar-refractivity contribution in [2.75, 3.05) is 38.5 Å². The Morgan fingerprint density at radius 2 is 2.00 bits per heavy atom. The first-order valence-corrected chi connectivity index (χ1v) is 8.44. The summed E-state index contributed by atoms with van der Waals surface area (Å²) in [4.78, 5) is 27.4. The lowest BCUT2D eigenvalue weighted by atomic mass is 10.0. The third-order valence-corrected chi connectivity index (χ3v) is 6.10. The Balaban J connectivity index is 1.56. The number of hydrogen-bond donors (Lipinski definition) is 2. The summed E-state index contributed by atoms with van der Waals surface area (Å²) in [5.74, 6) is 0.876. The highest BCUT2D eigenvalue weighted by Crippen LogP contribution is 2.73. The van der Waals surface area contributed by atoms with Gasteiger partial charge in [0.05, 0.1) is 13.1 Å². The van der Waals surface area contributed by atoms with E-state index in [1.165, 1.54) is 0 Å². The molecule has 1 saturated carbocycles. The summed E-state index contributed by atoms with van der Waals surface area (Å²) in [5, 5.41) is 10.1. The standard InChI is InChI=1S/C17H27N5O2/c1-16(2)15(17(16,3)4)11-8-12(20-19-11)18-13(23)9-22-7-6-21(5)14(24)10-22/h8,15H,6-7,9-10H2,1-5H3,(H2,18,19,20,23). The first-order valence-electron chi connectivity index (χ1n) is 8.44. The van der Waals surface area contributed by atoms with Crippen LogP contribution in [0.5, 0.6) is 0 Å². The molecule has 2 heterocycles. The lowest BCUT2D eigenvalue weighted by Crippen LogP contribution is -2.50. The van der Waals surface area contributed by atoms with Crippen LogP contribution in [0.3, 0.4) is 0 Å². The van der Waals surface area contributed by atoms with Crippen molar-refractivity contribution in [2.24, 2.45) is 10.8 Å². The lowest BCUT2D eigenvalue weighted by Gasteiger charge is -2.31. The van der Waals surface area contributed by atoms with E-state index < -0.39 is 0 Å². The lowest BCUT2D eigenvalue weighted by molar-refractivity contribution is -0.135. The SMILES string of the molecule is CN1CCN(CC(=O)Nc2cc(C3C(C)(C)C3(C)C)[nH]n2)CC1=O. The van der Waals surface area contributed by atoms with Crippen molar-refractivity contribution in [3.05, 3.63) is 11.8 Å². The van der Waals surface area contributed by atoms with Gasteiger partial charge < -0.3 is 10.2 Å². The molecule has 132 valence electrons. The number of carbonyl (C=O) groups is 2. The number of amides is 2. The van der Waals surface area contributed by atoms with Crippen molar-refractivity contribution in [1.82, 2.24) is 20.0 Å². The second kappa shape index (κ2) is 5.58. The highest BCUT2D eigenvalue weighted by molar-refractivity contribution is 5.92. The number of likely N-dealkylation sites (N-methyl/N-ethyl adjacent to an activating group) is 1. The Morgan fingerprint density at radius 3 is 2.58 bits per heavy atom. The van der Waals surface area contributed by atoms with E-state index in [0.717, 1.165) is 5.69 Å². The van der Waals surface area contributed by atoms with Gasteiger partial charge in [0.1, 0.15) is 0 Å². The third-order valence-electron chi connectivity index (χ3n) is 6.10. The minimum atomic E-state index is -0.139. The van der Waals surface area contributed by atoms with Gasteiger partial charge in [-0.3, -0.25) is 19.6 Å². The predicted molar refractivity (Wildman–Crippen MR) is 91.6 cm³/mol. The molecule has 1 aliphatic heterocycles. The quantitative estimate of drug-likeness (QED) is 0.869. The molecule has 2 amide bonds. The normalized spacial score (nSPS) is 23.4. The van der Waals surface area contributed by atoms with E-state index >= 15 is 0 Å². The zero-order valence-corrected chi connectivity index (χ0v) is 15.1. The number of nitrogens with zero attached hydrogens (tertiary/aromatic N) is 3. The maximum Gasteiger partial charge on any atom is 0.239 e. The van der Waals surface area contributed by atoms with Gasteiger partial charge in [0.25, 0.3) is 0 Å². The van der Waals surface area contributed by atoms with Crippen LogP contribution in [0.1, 0.15) is 39.3 Å². The summed E-state index contributed by atoms with van der Waals surface area (Å²) in [6, 6.07) is 1.92. The van der Waals surface area contributed by atoms with E-state index in [-0.39, 0.29) is 29.2 Å². The highest BCUT2D eigenvalue weighted by atomic mass is 16.2. The molecule has 7 heteroatoms. The fourth-order valence-electron chi connectivity index (χ4n) is 3.85. The van der Waals surface area contributed by atoms with Crippen molar-refractivity contribution in [3.8, 4) is 0 Å². The second-order valence-electron chi connectivity index (χ2n) is 8.16. The Bertz CT molecular complexity index is 650. The third kappa shape index (κ3) is 2.81. The molecule has 1 aromatic heterocycles. The summed E-state index contributed by atoms with van der Waals surface area (Å²) < 4.78 is 0. The molecule has 0 radical (unpaired) electrons. The molecule has 0 atom stereocenters. The number of H-pyrrole nitrogens is 1. The number of rotatable bonds is 4. The fraction of sp³-hybridized carbons (Fsp3) is 0.706. The summed E-state index contributed by atoms with van der Waals surface area (Å²) in [6.07, 6.45) is 0. The van der Waals surface area contributed by atoms with Gasteiger partial charge in [-0.25, -0.2) is 0 Å². The van der Waals surface area contributed by atoms with E-state index in [4.69, 9.17) is 0 Å². The molecule has 7 nitrogen and oxygen atoms in total. The molecule has 0 spiro atoms. The van der Waals surface area contributed by atoms with Crippen molar-refractivity contribution in [1.29, 1.82) is 0 Å². The van der Waals surface area contributed by atoms with Gasteiger partial charge in [-0.15, -0.1) is 0 Å². The van der Waals surface area contributed by atoms with E-state index in [9.17, 15) is 9.59 Å². The molecule has 1 saturated heterocycles. The molecule has 0 aromatic carbocycles. The first kappa shape index (κ1) is 17.0. The van der Waals surface area contributed by atoms with Crippen LogP contribution in [0.2, 0.25) is 0 Å². The van der Waals surface area contributed by atoms with E-state index in [0.29, 0.717) is 31.4 Å². The maximum absolute atomic E-state index is 12.2. The van der Waals surface area contributed by atoms with Gasteiger partial charge in [0.15, 0.2) is 5.82 Å². The summed E-state index contributed by atoms with van der Waals surface area (Å²) in [6.45, 7) is 10.9. The smallest absolute Gasteiger partial charge is 0.239 e. The molecule has 2 aliphatic rings. The Morgan fingerprint density at radius 1 is 1.33 bits per heavy atom. The fourth-order valence-corrected chi connectivity index (χ4v) is 3.85. The molecule has 0 unspecified atom stereocenters. The number of hydrogen-bond acceptors (Lipinski definition) is 4. The second-order valence-corrected chi connectivity index (χ2v) is 8.16. The van der Waals surface area contributed by atoms with Crippen molar-refractivity contribution in [3.63, 3.8) is 0 Å². The van der Waals surface area contributed by atoms with Crippen LogP contribution in [-0.4, -0.2) is 65.0 Å². The van der Waals surface area contributed by atoms with Gasteiger partial charge in [0.2, 0.25) is 11.8 Å².